The van der Waals surface area contributed by atoms with Crippen LogP contribution in [0.1, 0.15) is 36.5 Å². The van der Waals surface area contributed by atoms with Gasteiger partial charge >= 0.3 is 11.9 Å². The first-order valence-electron chi connectivity index (χ1n) is 7.61. The molecule has 24 heavy (non-hydrogen) atoms. The lowest BCUT2D eigenvalue weighted by molar-refractivity contribution is -0.143. The molecule has 0 aliphatic rings. The molecular formula is C16H23N3O5. The molecule has 1 atom stereocenters. The second kappa shape index (κ2) is 10.2. The number of esters is 1. The van der Waals surface area contributed by atoms with Gasteiger partial charge in [0.15, 0.2) is 6.73 Å². The summed E-state index contributed by atoms with van der Waals surface area (Å²) in [6, 6.07) is 7.37. The minimum absolute atomic E-state index is 0.0519. The van der Waals surface area contributed by atoms with Gasteiger partial charge in [-0.15, -0.1) is 0 Å². The minimum atomic E-state index is -1.09. The Morgan fingerprint density at radius 2 is 1.96 bits per heavy atom. The summed E-state index contributed by atoms with van der Waals surface area (Å²) in [6.45, 7) is 1.57. The van der Waals surface area contributed by atoms with Gasteiger partial charge in [-0.2, -0.15) is 0 Å². The number of ether oxygens (including phenoxy) is 1. The highest BCUT2D eigenvalue weighted by Gasteiger charge is 2.27. The molecule has 0 saturated carbocycles. The van der Waals surface area contributed by atoms with Crippen molar-refractivity contribution in [1.29, 1.82) is 0 Å². The molecule has 0 aromatic heterocycles. The summed E-state index contributed by atoms with van der Waals surface area (Å²) in [5.41, 5.74) is 5.77. The molecule has 0 fully saturated rings. The Labute approximate surface area is 140 Å². The van der Waals surface area contributed by atoms with Gasteiger partial charge in [-0.1, -0.05) is 23.4 Å². The van der Waals surface area contributed by atoms with Crippen LogP contribution in [0.2, 0.25) is 0 Å². The molecule has 0 radical (unpaired) electrons. The Kier molecular flexibility index (Phi) is 8.28. The molecule has 0 aliphatic carbocycles. The maximum Gasteiger partial charge on any atom is 0.339 e. The Bertz CT molecular complexity index is 562. The topological polar surface area (TPSA) is 125 Å². The number of carbonyl (C=O) groups excluding carboxylic acids is 1. The van der Waals surface area contributed by atoms with Crippen LogP contribution in [0.5, 0.6) is 0 Å². The fourth-order valence-electron chi connectivity index (χ4n) is 2.15. The summed E-state index contributed by atoms with van der Waals surface area (Å²) in [6.07, 6.45) is 1.56. The molecule has 1 rings (SSSR count). The Morgan fingerprint density at radius 3 is 2.50 bits per heavy atom. The van der Waals surface area contributed by atoms with Crippen LogP contribution >= 0.6 is 0 Å². The number of carbonyl (C=O) groups is 2. The van der Waals surface area contributed by atoms with E-state index in [9.17, 15) is 14.7 Å². The fraction of sp³-hybridized carbons (Fsp3) is 0.438. The Balaban J connectivity index is 2.80. The zero-order valence-electron chi connectivity index (χ0n) is 13.6. The monoisotopic (exact) mass is 337 g/mol. The standard InChI is InChI=1S/C16H23N3O5/c1-12(18-23)19(14(15(20)21)9-5-6-10-17)11-24-16(22)13-7-3-2-4-8-13/h2-4,7-8,14,23H,5-6,9-11,17H2,1H3,(H,20,21)/b18-12+/t14-/m0/s1. The third-order valence-corrected chi connectivity index (χ3v) is 3.50. The highest BCUT2D eigenvalue weighted by Crippen LogP contribution is 2.12. The van der Waals surface area contributed by atoms with Gasteiger partial charge in [-0.05, 0) is 44.9 Å². The number of hydrogen-bond acceptors (Lipinski definition) is 6. The van der Waals surface area contributed by atoms with Gasteiger partial charge in [0.25, 0.3) is 0 Å². The first kappa shape index (κ1) is 19.4. The van der Waals surface area contributed by atoms with E-state index in [-0.39, 0.29) is 12.6 Å². The van der Waals surface area contributed by atoms with E-state index in [1.807, 2.05) is 0 Å². The predicted octanol–water partition coefficient (Wildman–Crippen LogP) is 1.49. The van der Waals surface area contributed by atoms with Crippen LogP contribution in [0.25, 0.3) is 0 Å². The SMILES string of the molecule is C/C(=N\O)N(COC(=O)c1ccccc1)[C@@H](CCCCN)C(=O)O. The van der Waals surface area contributed by atoms with Crippen molar-refractivity contribution in [2.24, 2.45) is 10.9 Å². The smallest absolute Gasteiger partial charge is 0.339 e. The number of hydrogen-bond donors (Lipinski definition) is 3. The van der Waals surface area contributed by atoms with Gasteiger partial charge in [0, 0.05) is 0 Å². The molecule has 1 aromatic carbocycles. The number of nitrogens with two attached hydrogens (primary N) is 1. The van der Waals surface area contributed by atoms with Crippen LogP contribution in [-0.2, 0) is 9.53 Å². The van der Waals surface area contributed by atoms with E-state index in [1.165, 1.54) is 11.8 Å². The van der Waals surface area contributed by atoms with Crippen LogP contribution in [0, 0.1) is 0 Å². The van der Waals surface area contributed by atoms with E-state index >= 15 is 0 Å². The van der Waals surface area contributed by atoms with E-state index in [0.717, 1.165) is 0 Å². The third kappa shape index (κ3) is 5.88. The summed E-state index contributed by atoms with van der Waals surface area (Å²) >= 11 is 0. The molecule has 0 bridgehead atoms. The number of carboxylic acids is 1. The van der Waals surface area contributed by atoms with Crippen LogP contribution in [-0.4, -0.2) is 52.3 Å². The molecule has 8 nitrogen and oxygen atoms in total. The number of benzene rings is 1. The van der Waals surface area contributed by atoms with E-state index in [1.54, 1.807) is 30.3 Å². The average Bonchev–Trinajstić information content (AvgIpc) is 2.60. The maximum atomic E-state index is 12.0. The first-order chi connectivity index (χ1) is 11.5. The van der Waals surface area contributed by atoms with Crippen molar-refractivity contribution in [1.82, 2.24) is 4.90 Å². The van der Waals surface area contributed by atoms with Crippen molar-refractivity contribution in [2.75, 3.05) is 13.3 Å². The Morgan fingerprint density at radius 1 is 1.29 bits per heavy atom. The van der Waals surface area contributed by atoms with Gasteiger partial charge in [-0.25, -0.2) is 9.59 Å². The number of rotatable bonds is 9. The van der Waals surface area contributed by atoms with Gasteiger partial charge in [0.2, 0.25) is 0 Å². The molecule has 0 unspecified atom stereocenters. The number of nitrogens with zero attached hydrogens (tertiary/aromatic N) is 2. The molecule has 0 aliphatic heterocycles. The lowest BCUT2D eigenvalue weighted by atomic mass is 10.1. The van der Waals surface area contributed by atoms with Gasteiger partial charge in [-0.3, -0.25) is 0 Å². The largest absolute Gasteiger partial charge is 0.480 e. The third-order valence-electron chi connectivity index (χ3n) is 3.50. The van der Waals surface area contributed by atoms with Crippen LogP contribution < -0.4 is 5.73 Å². The first-order valence-corrected chi connectivity index (χ1v) is 7.61. The summed E-state index contributed by atoms with van der Waals surface area (Å²) in [4.78, 5) is 24.8. The number of carboxylic acid groups (broad SMARTS) is 1. The summed E-state index contributed by atoms with van der Waals surface area (Å²) in [5, 5.41) is 21.4. The zero-order chi connectivity index (χ0) is 17.9. The predicted molar refractivity (Wildman–Crippen MR) is 87.8 cm³/mol. The second-order valence-corrected chi connectivity index (χ2v) is 5.18. The highest BCUT2D eigenvalue weighted by atomic mass is 16.5. The molecular weight excluding hydrogens is 314 g/mol. The van der Waals surface area contributed by atoms with E-state index in [2.05, 4.69) is 5.16 Å². The average molecular weight is 337 g/mol. The van der Waals surface area contributed by atoms with Gasteiger partial charge in [0.05, 0.1) is 5.56 Å². The molecule has 0 saturated heterocycles. The van der Waals surface area contributed by atoms with E-state index < -0.39 is 18.0 Å². The molecule has 1 aromatic rings. The maximum absolute atomic E-state index is 12.0. The fourth-order valence-corrected chi connectivity index (χ4v) is 2.15. The number of unbranched alkanes of at least 4 members (excludes halogenated alkanes) is 1. The number of aliphatic carboxylic acids is 1. The summed E-state index contributed by atoms with van der Waals surface area (Å²) in [5.74, 6) is -1.63. The zero-order valence-corrected chi connectivity index (χ0v) is 13.6. The van der Waals surface area contributed by atoms with Crippen molar-refractivity contribution >= 4 is 17.8 Å². The lowest BCUT2D eigenvalue weighted by Gasteiger charge is -2.29. The lowest BCUT2D eigenvalue weighted by Crippen LogP contribution is -2.45. The molecule has 0 heterocycles. The van der Waals surface area contributed by atoms with Crippen molar-refractivity contribution < 1.29 is 24.6 Å². The molecule has 0 amide bonds. The molecule has 0 spiro atoms. The summed E-state index contributed by atoms with van der Waals surface area (Å²) < 4.78 is 5.16. The van der Waals surface area contributed by atoms with Crippen molar-refractivity contribution in [3.05, 3.63) is 35.9 Å². The van der Waals surface area contributed by atoms with Crippen LogP contribution in [0.4, 0.5) is 0 Å². The van der Waals surface area contributed by atoms with Crippen molar-refractivity contribution in [3.63, 3.8) is 0 Å². The van der Waals surface area contributed by atoms with Crippen LogP contribution in [0.15, 0.2) is 35.5 Å². The molecule has 4 N–H and O–H groups in total. The van der Waals surface area contributed by atoms with Gasteiger partial charge in [0.1, 0.15) is 11.9 Å². The van der Waals surface area contributed by atoms with E-state index in [4.69, 9.17) is 15.7 Å². The van der Waals surface area contributed by atoms with Crippen LogP contribution in [0.3, 0.4) is 0 Å². The second-order valence-electron chi connectivity index (χ2n) is 5.18. The van der Waals surface area contributed by atoms with Crippen molar-refractivity contribution in [3.8, 4) is 0 Å². The minimum Gasteiger partial charge on any atom is -0.480 e. The molecule has 8 heteroatoms. The quantitative estimate of drug-likeness (QED) is 0.119. The van der Waals surface area contributed by atoms with E-state index in [0.29, 0.717) is 31.4 Å². The van der Waals surface area contributed by atoms with Gasteiger partial charge < -0.3 is 25.7 Å². The number of oxime groups is 1. The van der Waals surface area contributed by atoms with Crippen molar-refractivity contribution in [2.45, 2.75) is 32.2 Å². The molecule has 132 valence electrons. The highest BCUT2D eigenvalue weighted by molar-refractivity contribution is 5.90. The Hall–Kier alpha value is -2.61. The normalized spacial score (nSPS) is 12.5. The summed E-state index contributed by atoms with van der Waals surface area (Å²) in [7, 11) is 0. The number of amidine groups is 1.